The molecular weight excluding hydrogens is 581 g/mol. The summed E-state index contributed by atoms with van der Waals surface area (Å²) < 4.78 is 71.6. The summed E-state index contributed by atoms with van der Waals surface area (Å²) in [4.78, 5) is 35.1. The number of hydrogen-bond donors (Lipinski definition) is 2. The van der Waals surface area contributed by atoms with Gasteiger partial charge in [0.05, 0.1) is 11.8 Å². The molecular formula is C28H26F5N5O5. The molecule has 2 N–H and O–H groups in total. The Bertz CT molecular complexity index is 1680. The number of imidazole rings is 1. The Labute approximate surface area is 240 Å². The third kappa shape index (κ3) is 5.75. The molecule has 1 amide bonds. The Morgan fingerprint density at radius 2 is 1.81 bits per heavy atom. The second kappa shape index (κ2) is 10.6. The second-order valence-corrected chi connectivity index (χ2v) is 11.1. The van der Waals surface area contributed by atoms with E-state index in [4.69, 9.17) is 24.0 Å². The summed E-state index contributed by atoms with van der Waals surface area (Å²) in [5, 5.41) is 9.99. The molecule has 0 unspecified atom stereocenters. The molecule has 4 heterocycles. The lowest BCUT2D eigenvalue weighted by molar-refractivity contribution is -0.223. The van der Waals surface area contributed by atoms with Gasteiger partial charge in [-0.05, 0) is 52.2 Å². The summed E-state index contributed by atoms with van der Waals surface area (Å²) in [5.74, 6) is -2.44. The number of carbonyl (C=O) groups excluding carboxylic acids is 1. The van der Waals surface area contributed by atoms with Crippen LogP contribution in [0, 0.1) is 12.3 Å². The molecule has 0 aliphatic heterocycles. The normalized spacial score (nSPS) is 20.7. The van der Waals surface area contributed by atoms with Gasteiger partial charge in [-0.1, -0.05) is 0 Å². The second-order valence-electron chi connectivity index (χ2n) is 11.1. The smallest absolute Gasteiger partial charge is 0.489 e. The Hall–Kier alpha value is -4.56. The number of ether oxygens (including phenoxy) is 1. The highest BCUT2D eigenvalue weighted by atomic mass is 19.4. The van der Waals surface area contributed by atoms with Crippen LogP contribution in [0.3, 0.4) is 0 Å². The fraction of sp³-hybridized carbons (Fsp3) is 0.393. The van der Waals surface area contributed by atoms with Crippen molar-refractivity contribution in [2.45, 2.75) is 64.2 Å². The van der Waals surface area contributed by atoms with Gasteiger partial charge in [-0.3, -0.25) is 9.78 Å². The maximum Gasteiger partial charge on any atom is 0.490 e. The molecule has 0 aromatic carbocycles. The highest BCUT2D eigenvalue weighted by molar-refractivity contribution is 6.03. The Morgan fingerprint density at radius 1 is 1.14 bits per heavy atom. The molecule has 0 spiro atoms. The van der Waals surface area contributed by atoms with Crippen molar-refractivity contribution in [1.82, 2.24) is 19.4 Å². The van der Waals surface area contributed by atoms with Crippen LogP contribution >= 0.6 is 0 Å². The van der Waals surface area contributed by atoms with Crippen molar-refractivity contribution in [2.24, 2.45) is 5.41 Å². The number of nitrogens with zero attached hydrogens (tertiary/aromatic N) is 4. The van der Waals surface area contributed by atoms with E-state index in [1.165, 1.54) is 6.26 Å². The van der Waals surface area contributed by atoms with Crippen LogP contribution in [0.4, 0.5) is 27.6 Å². The number of fused-ring (bicyclic) bond motifs is 1. The van der Waals surface area contributed by atoms with Crippen LogP contribution in [0.1, 0.15) is 55.0 Å². The fourth-order valence-corrected chi connectivity index (χ4v) is 5.46. The molecule has 2 bridgehead atoms. The van der Waals surface area contributed by atoms with Crippen molar-refractivity contribution in [1.29, 1.82) is 0 Å². The first-order chi connectivity index (χ1) is 20.1. The van der Waals surface area contributed by atoms with E-state index < -0.39 is 29.9 Å². The monoisotopic (exact) mass is 607 g/mol. The average Bonchev–Trinajstić information content (AvgIpc) is 3.49. The molecule has 43 heavy (non-hydrogen) atoms. The number of anilines is 1. The summed E-state index contributed by atoms with van der Waals surface area (Å²) in [5.41, 5.74) is 2.43. The minimum Gasteiger partial charge on any atom is -0.489 e. The molecule has 10 nitrogen and oxygen atoms in total. The largest absolute Gasteiger partial charge is 0.490 e. The molecule has 0 radical (unpaired) electrons. The van der Waals surface area contributed by atoms with Crippen molar-refractivity contribution in [3.8, 4) is 17.2 Å². The lowest BCUT2D eigenvalue weighted by Crippen LogP contribution is -2.67. The van der Waals surface area contributed by atoms with Crippen molar-refractivity contribution < 1.29 is 45.8 Å². The van der Waals surface area contributed by atoms with Crippen LogP contribution < -0.4 is 10.1 Å². The van der Waals surface area contributed by atoms with Gasteiger partial charge in [0.25, 0.3) is 5.91 Å². The van der Waals surface area contributed by atoms with Crippen LogP contribution in [-0.4, -0.2) is 55.0 Å². The van der Waals surface area contributed by atoms with Crippen molar-refractivity contribution in [3.63, 3.8) is 0 Å². The number of halogens is 5. The molecule has 228 valence electrons. The molecule has 3 aliphatic rings. The minimum absolute atomic E-state index is 0.118. The number of aryl methyl sites for hydroxylation is 1. The topological polar surface area (TPSA) is 132 Å². The number of nitrogens with one attached hydrogen (secondary N) is 1. The predicted molar refractivity (Wildman–Crippen MR) is 141 cm³/mol. The molecule has 3 fully saturated rings. The van der Waals surface area contributed by atoms with Gasteiger partial charge >= 0.3 is 12.1 Å². The predicted octanol–water partition coefficient (Wildman–Crippen LogP) is 6.05. The number of amides is 1. The van der Waals surface area contributed by atoms with Gasteiger partial charge in [-0.25, -0.2) is 23.5 Å². The lowest BCUT2D eigenvalue weighted by Gasteiger charge is -2.69. The van der Waals surface area contributed by atoms with Gasteiger partial charge in [0.1, 0.15) is 23.3 Å². The molecule has 3 saturated carbocycles. The first-order valence-corrected chi connectivity index (χ1v) is 13.1. The van der Waals surface area contributed by atoms with Crippen LogP contribution in [-0.2, 0) is 10.2 Å². The number of aliphatic carboxylic acids is 1. The highest BCUT2D eigenvalue weighted by Crippen LogP contribution is 2.75. The quantitative estimate of drug-likeness (QED) is 0.243. The third-order valence-electron chi connectivity index (χ3n) is 7.37. The lowest BCUT2D eigenvalue weighted by atomic mass is 9.34. The number of oxazole rings is 1. The van der Waals surface area contributed by atoms with Gasteiger partial charge in [0.2, 0.25) is 12.3 Å². The average molecular weight is 608 g/mol. The summed E-state index contributed by atoms with van der Waals surface area (Å²) in [6.45, 7) is 5.64. The number of hydrogen-bond acceptors (Lipinski definition) is 7. The highest BCUT2D eigenvalue weighted by Gasteiger charge is 2.73. The van der Waals surface area contributed by atoms with Crippen molar-refractivity contribution in [2.75, 3.05) is 5.32 Å². The first-order valence-electron chi connectivity index (χ1n) is 13.1. The van der Waals surface area contributed by atoms with Crippen molar-refractivity contribution >= 4 is 23.2 Å². The number of carboxylic acid groups (broad SMARTS) is 1. The zero-order valence-electron chi connectivity index (χ0n) is 23.1. The van der Waals surface area contributed by atoms with Crippen LogP contribution in [0.15, 0.2) is 47.5 Å². The molecule has 0 saturated heterocycles. The molecule has 7 rings (SSSR count). The van der Waals surface area contributed by atoms with E-state index in [2.05, 4.69) is 15.3 Å². The van der Waals surface area contributed by atoms with Gasteiger partial charge in [0, 0.05) is 46.7 Å². The standard InChI is InChI=1S/C26H25F2N5O3.C2HF3O2/c1-14(2)36-19-7-21-32-20(25-11-26(12-25,13-25)24(27)28)9-33(21)8-17(19)30-22(34)18-10-35-23(31-18)16-4-5-29-15(3)6-16;3-2(4,5)1(6)7/h4-10,14,24H,11-13H2,1-3H3,(H,30,34);(H,6,7). The van der Waals surface area contributed by atoms with E-state index in [9.17, 15) is 26.7 Å². The number of aromatic nitrogens is 4. The minimum atomic E-state index is -5.08. The Kier molecular flexibility index (Phi) is 7.38. The maximum atomic E-state index is 13.3. The molecule has 15 heteroatoms. The van der Waals surface area contributed by atoms with Crippen LogP contribution in [0.5, 0.6) is 5.75 Å². The van der Waals surface area contributed by atoms with Gasteiger partial charge in [-0.2, -0.15) is 13.2 Å². The maximum absolute atomic E-state index is 13.3. The van der Waals surface area contributed by atoms with Gasteiger partial charge in [0.15, 0.2) is 5.69 Å². The Balaban J connectivity index is 0.000000472. The van der Waals surface area contributed by atoms with E-state index in [0.29, 0.717) is 42.2 Å². The number of pyridine rings is 2. The summed E-state index contributed by atoms with van der Waals surface area (Å²) in [6, 6.07) is 5.33. The van der Waals surface area contributed by atoms with E-state index in [1.807, 2.05) is 33.0 Å². The van der Waals surface area contributed by atoms with E-state index >= 15 is 0 Å². The Morgan fingerprint density at radius 3 is 2.40 bits per heavy atom. The van der Waals surface area contributed by atoms with Gasteiger partial charge < -0.3 is 24.0 Å². The van der Waals surface area contributed by atoms with Gasteiger partial charge in [-0.15, -0.1) is 0 Å². The summed E-state index contributed by atoms with van der Waals surface area (Å²) in [7, 11) is 0. The van der Waals surface area contributed by atoms with E-state index in [1.54, 1.807) is 28.9 Å². The molecule has 4 aromatic rings. The fourth-order valence-electron chi connectivity index (χ4n) is 5.46. The zero-order chi connectivity index (χ0) is 31.3. The zero-order valence-corrected chi connectivity index (χ0v) is 23.1. The van der Waals surface area contributed by atoms with Crippen LogP contribution in [0.2, 0.25) is 0 Å². The van der Waals surface area contributed by atoms with Crippen LogP contribution in [0.25, 0.3) is 17.1 Å². The van der Waals surface area contributed by atoms with Crippen molar-refractivity contribution in [3.05, 3.63) is 60.1 Å². The first kappa shape index (κ1) is 29.9. The molecule has 4 aromatic heterocycles. The number of carboxylic acids is 1. The van der Waals surface area contributed by atoms with E-state index in [0.717, 1.165) is 17.0 Å². The molecule has 0 atom stereocenters. The number of rotatable bonds is 7. The number of alkyl halides is 5. The third-order valence-corrected chi connectivity index (χ3v) is 7.37. The SMILES string of the molecule is Cc1cc(-c2nc(C(=O)Nc3cn4cc(C56CC(C(F)F)(C5)C6)nc4cc3OC(C)C)co2)ccn1.O=C(O)C(F)(F)F. The number of carbonyl (C=O) groups is 2. The summed E-state index contributed by atoms with van der Waals surface area (Å²) in [6.07, 6.45) is 0.419. The molecule has 3 aliphatic carbocycles. The van der Waals surface area contributed by atoms with E-state index in [-0.39, 0.29) is 17.2 Å². The summed E-state index contributed by atoms with van der Waals surface area (Å²) >= 11 is 0.